The topological polar surface area (TPSA) is 84.5 Å². The fourth-order valence-corrected chi connectivity index (χ4v) is 6.90. The normalized spacial score (nSPS) is 22.0. The number of halogens is 2. The van der Waals surface area contributed by atoms with Gasteiger partial charge in [0.2, 0.25) is 5.91 Å². The number of thioether (sulfide) groups is 1. The van der Waals surface area contributed by atoms with Gasteiger partial charge in [0, 0.05) is 59.4 Å². The second-order valence-corrected chi connectivity index (χ2v) is 10.9. The quantitative estimate of drug-likeness (QED) is 0.520. The Hall–Kier alpha value is -2.88. The van der Waals surface area contributed by atoms with Crippen molar-refractivity contribution in [1.82, 2.24) is 14.5 Å². The van der Waals surface area contributed by atoms with Crippen LogP contribution in [0.3, 0.4) is 0 Å². The average Bonchev–Trinajstić information content (AvgIpc) is 3.01. The van der Waals surface area contributed by atoms with Crippen LogP contribution in [0.25, 0.3) is 22.0 Å². The maximum Gasteiger partial charge on any atom is 0.350 e. The van der Waals surface area contributed by atoms with Crippen LogP contribution in [0, 0.1) is 5.82 Å². The molecule has 3 atom stereocenters. The van der Waals surface area contributed by atoms with Crippen molar-refractivity contribution in [3.05, 3.63) is 64.3 Å². The van der Waals surface area contributed by atoms with E-state index < -0.39 is 0 Å². The molecular formula is C26H27ClFN5O2S. The number of piperazine rings is 1. The Bertz CT molecular complexity index is 1410. The van der Waals surface area contributed by atoms with Crippen LogP contribution in [0.1, 0.15) is 13.8 Å². The number of nitrogens with zero attached hydrogens (tertiary/aromatic N) is 4. The molecule has 3 aromatic rings. The fraction of sp³-hybridized carbons (Fsp3) is 0.346. The van der Waals surface area contributed by atoms with E-state index in [1.165, 1.54) is 18.2 Å². The molecule has 1 unspecified atom stereocenters. The lowest BCUT2D eigenvalue weighted by molar-refractivity contribution is -0.130. The van der Waals surface area contributed by atoms with Gasteiger partial charge in [-0.3, -0.25) is 9.36 Å². The van der Waals surface area contributed by atoms with Crippen molar-refractivity contribution in [3.8, 4) is 11.1 Å². The highest BCUT2D eigenvalue weighted by Gasteiger charge is 2.34. The van der Waals surface area contributed by atoms with Crippen LogP contribution in [0.5, 0.6) is 0 Å². The van der Waals surface area contributed by atoms with Crippen LogP contribution in [0.15, 0.2) is 52.7 Å². The minimum absolute atomic E-state index is 0.106. The molecule has 2 aliphatic heterocycles. The third-order valence-electron chi connectivity index (χ3n) is 6.79. The first-order valence-corrected chi connectivity index (χ1v) is 13.2. The number of amides is 1. The number of hydrogen-bond donors (Lipinski definition) is 1. The summed E-state index contributed by atoms with van der Waals surface area (Å²) < 4.78 is 15.3. The van der Waals surface area contributed by atoms with Crippen LogP contribution < -0.4 is 16.3 Å². The molecule has 2 N–H and O–H groups in total. The Kier molecular flexibility index (Phi) is 6.57. The number of benzene rings is 2. The van der Waals surface area contributed by atoms with Gasteiger partial charge in [-0.1, -0.05) is 30.3 Å². The molecular weight excluding hydrogens is 501 g/mol. The van der Waals surface area contributed by atoms with Crippen LogP contribution >= 0.6 is 23.4 Å². The lowest BCUT2D eigenvalue weighted by Crippen LogP contribution is -2.58. The number of anilines is 1. The summed E-state index contributed by atoms with van der Waals surface area (Å²) in [6.45, 7) is 8.92. The maximum absolute atomic E-state index is 13.7. The van der Waals surface area contributed by atoms with E-state index in [0.29, 0.717) is 36.2 Å². The lowest BCUT2D eigenvalue weighted by atomic mass is 10.0. The first-order valence-electron chi connectivity index (χ1n) is 11.8. The third kappa shape index (κ3) is 4.19. The van der Waals surface area contributed by atoms with Gasteiger partial charge in [0.15, 0.2) is 0 Å². The Morgan fingerprint density at radius 1 is 1.22 bits per heavy atom. The fourth-order valence-electron chi connectivity index (χ4n) is 5.31. The molecule has 1 aromatic heterocycles. The summed E-state index contributed by atoms with van der Waals surface area (Å²) in [7, 11) is 0. The van der Waals surface area contributed by atoms with E-state index in [1.54, 1.807) is 33.4 Å². The Morgan fingerprint density at radius 2 is 1.89 bits per heavy atom. The Labute approximate surface area is 217 Å². The van der Waals surface area contributed by atoms with E-state index in [2.05, 4.69) is 16.5 Å². The van der Waals surface area contributed by atoms with E-state index in [0.717, 1.165) is 26.9 Å². The molecule has 0 spiro atoms. The molecule has 3 heterocycles. The number of nitrogens with two attached hydrogens (primary N) is 1. The second kappa shape index (κ2) is 9.53. The molecule has 2 aromatic carbocycles. The van der Waals surface area contributed by atoms with E-state index in [-0.39, 0.29) is 35.5 Å². The monoisotopic (exact) mass is 527 g/mol. The first-order chi connectivity index (χ1) is 17.2. The highest BCUT2D eigenvalue weighted by atomic mass is 35.5. The predicted molar refractivity (Wildman–Crippen MR) is 143 cm³/mol. The van der Waals surface area contributed by atoms with Gasteiger partial charge in [-0.15, -0.1) is 11.8 Å². The van der Waals surface area contributed by atoms with Crippen molar-refractivity contribution < 1.29 is 9.18 Å². The van der Waals surface area contributed by atoms with E-state index in [4.69, 9.17) is 17.3 Å². The molecule has 0 saturated carbocycles. The van der Waals surface area contributed by atoms with E-state index >= 15 is 0 Å². The summed E-state index contributed by atoms with van der Waals surface area (Å²) >= 11 is 8.43. The highest BCUT2D eigenvalue weighted by Crippen LogP contribution is 2.45. The number of carbonyl (C=O) groups is 1. The van der Waals surface area contributed by atoms with Gasteiger partial charge in [-0.05, 0) is 43.7 Å². The largest absolute Gasteiger partial charge is 0.352 e. The molecule has 1 amide bonds. The van der Waals surface area contributed by atoms with Crippen molar-refractivity contribution >= 4 is 46.0 Å². The molecule has 0 aliphatic carbocycles. The van der Waals surface area contributed by atoms with Crippen LogP contribution in [0.4, 0.5) is 10.2 Å². The van der Waals surface area contributed by atoms with Gasteiger partial charge >= 0.3 is 5.69 Å². The van der Waals surface area contributed by atoms with Crippen LogP contribution in [-0.2, 0) is 11.3 Å². The van der Waals surface area contributed by atoms with Crippen LogP contribution in [-0.4, -0.2) is 57.3 Å². The maximum atomic E-state index is 13.7. The van der Waals surface area contributed by atoms with Crippen molar-refractivity contribution in [1.29, 1.82) is 0 Å². The van der Waals surface area contributed by atoms with Gasteiger partial charge < -0.3 is 15.5 Å². The van der Waals surface area contributed by atoms with Gasteiger partial charge in [-0.25, -0.2) is 9.18 Å². The number of hydrogen-bond acceptors (Lipinski definition) is 6. The van der Waals surface area contributed by atoms with Gasteiger partial charge in [-0.2, -0.15) is 4.98 Å². The van der Waals surface area contributed by atoms with Gasteiger partial charge in [0.1, 0.15) is 11.6 Å². The van der Waals surface area contributed by atoms with Crippen LogP contribution in [0.2, 0.25) is 5.02 Å². The molecule has 1 saturated heterocycles. The third-order valence-corrected chi connectivity index (χ3v) is 8.37. The Morgan fingerprint density at radius 3 is 2.53 bits per heavy atom. The molecule has 10 heteroatoms. The smallest absolute Gasteiger partial charge is 0.350 e. The average molecular weight is 528 g/mol. The molecule has 5 rings (SSSR count). The summed E-state index contributed by atoms with van der Waals surface area (Å²) in [4.78, 5) is 35.0. The number of rotatable bonds is 3. The standard InChI is InChI=1S/C26H27ClFN5O2S/c1-4-21(34)33-14(2)10-31(11-15(33)3)25-19-9-20(27)22(16-5-7-17(28)8-6-16)24-23(19)32(26(35)30-25)12-18(29)13-36-24/h4-9,14-15,18H,1,10-13,29H2,2-3H3/t14-,15+,18?. The molecule has 7 nitrogen and oxygen atoms in total. The predicted octanol–water partition coefficient (Wildman–Crippen LogP) is 3.90. The van der Waals surface area contributed by atoms with Gasteiger partial charge in [0.25, 0.3) is 0 Å². The summed E-state index contributed by atoms with van der Waals surface area (Å²) in [5, 5.41) is 1.24. The van der Waals surface area contributed by atoms with Crippen molar-refractivity contribution in [2.75, 3.05) is 23.7 Å². The summed E-state index contributed by atoms with van der Waals surface area (Å²) in [6, 6.07) is 7.55. The summed E-state index contributed by atoms with van der Waals surface area (Å²) in [5.41, 5.74) is 8.19. The first kappa shape index (κ1) is 24.8. The summed E-state index contributed by atoms with van der Waals surface area (Å²) in [6.07, 6.45) is 1.33. The minimum atomic E-state index is -0.381. The second-order valence-electron chi connectivity index (χ2n) is 9.42. The molecule has 1 fully saturated rings. The molecule has 2 aliphatic rings. The molecule has 188 valence electrons. The molecule has 36 heavy (non-hydrogen) atoms. The van der Waals surface area contributed by atoms with Gasteiger partial charge in [0.05, 0.1) is 10.5 Å². The van der Waals surface area contributed by atoms with Crippen molar-refractivity contribution in [3.63, 3.8) is 0 Å². The number of aromatic nitrogens is 2. The summed E-state index contributed by atoms with van der Waals surface area (Å²) in [5.74, 6) is 0.683. The SMILES string of the molecule is C=CC(=O)N1[C@H](C)CN(c2nc(=O)n3c4c(c(-c5ccc(F)cc5)c(Cl)cc24)SCC(N)C3)C[C@@H]1C. The van der Waals surface area contributed by atoms with Crippen molar-refractivity contribution in [2.24, 2.45) is 5.73 Å². The zero-order valence-electron chi connectivity index (χ0n) is 20.1. The number of carbonyl (C=O) groups excluding carboxylic acids is 1. The van der Waals surface area contributed by atoms with E-state index in [9.17, 15) is 14.0 Å². The van der Waals surface area contributed by atoms with E-state index in [1.807, 2.05) is 19.9 Å². The highest BCUT2D eigenvalue weighted by molar-refractivity contribution is 7.99. The minimum Gasteiger partial charge on any atom is -0.352 e. The zero-order valence-corrected chi connectivity index (χ0v) is 21.7. The lowest BCUT2D eigenvalue weighted by Gasteiger charge is -2.44. The van der Waals surface area contributed by atoms with Crippen molar-refractivity contribution in [2.45, 2.75) is 43.4 Å². The zero-order chi connectivity index (χ0) is 25.7. The Balaban J connectivity index is 1.73. The molecule has 0 radical (unpaired) electrons. The molecule has 0 bridgehead atoms.